The Kier molecular flexibility index (Phi) is 2.91. The molecule has 0 fully saturated rings. The lowest BCUT2D eigenvalue weighted by Crippen LogP contribution is -1.98. The van der Waals surface area contributed by atoms with Crippen LogP contribution in [0.4, 0.5) is 4.39 Å². The molecule has 3 aromatic rings. The molecule has 3 heteroatoms. The summed E-state index contributed by atoms with van der Waals surface area (Å²) < 4.78 is 15.9. The summed E-state index contributed by atoms with van der Waals surface area (Å²) in [5.41, 5.74) is 3.03. The van der Waals surface area contributed by atoms with Gasteiger partial charge in [-0.25, -0.2) is 4.39 Å². The van der Waals surface area contributed by atoms with Crippen molar-refractivity contribution in [2.45, 2.75) is 0 Å². The van der Waals surface area contributed by atoms with Crippen molar-refractivity contribution in [2.75, 3.05) is 0 Å². The number of benzene rings is 2. The highest BCUT2D eigenvalue weighted by molar-refractivity contribution is 7.71. The van der Waals surface area contributed by atoms with Gasteiger partial charge in [0, 0.05) is 28.2 Å². The SMILES string of the molecule is Cn1c(-c2ccc(F)cc2)cc(=S)c2ccccc21. The number of para-hydroxylation sites is 1. The summed E-state index contributed by atoms with van der Waals surface area (Å²) in [6.45, 7) is 0. The highest BCUT2D eigenvalue weighted by atomic mass is 32.1. The Morgan fingerprint density at radius 2 is 1.68 bits per heavy atom. The predicted molar refractivity (Wildman–Crippen MR) is 79.1 cm³/mol. The van der Waals surface area contributed by atoms with E-state index < -0.39 is 0 Å². The molecular weight excluding hydrogens is 257 g/mol. The molecule has 0 atom stereocenters. The number of hydrogen-bond acceptors (Lipinski definition) is 1. The van der Waals surface area contributed by atoms with Gasteiger partial charge in [-0.15, -0.1) is 0 Å². The van der Waals surface area contributed by atoms with Gasteiger partial charge in [-0.05, 0) is 42.0 Å². The molecule has 94 valence electrons. The van der Waals surface area contributed by atoms with Crippen molar-refractivity contribution in [3.63, 3.8) is 0 Å². The van der Waals surface area contributed by atoms with E-state index in [0.29, 0.717) is 0 Å². The topological polar surface area (TPSA) is 4.93 Å². The van der Waals surface area contributed by atoms with Gasteiger partial charge in [0.1, 0.15) is 5.82 Å². The minimum Gasteiger partial charge on any atom is -0.344 e. The Morgan fingerprint density at radius 3 is 2.42 bits per heavy atom. The Morgan fingerprint density at radius 1 is 1.00 bits per heavy atom. The van der Waals surface area contributed by atoms with Crippen LogP contribution in [-0.4, -0.2) is 4.57 Å². The second-order valence-corrected chi connectivity index (χ2v) is 4.92. The van der Waals surface area contributed by atoms with Gasteiger partial charge >= 0.3 is 0 Å². The summed E-state index contributed by atoms with van der Waals surface area (Å²) in [5, 5.41) is 1.06. The Balaban J connectivity index is 2.33. The van der Waals surface area contributed by atoms with Gasteiger partial charge in [-0.1, -0.05) is 30.4 Å². The Bertz CT molecular complexity index is 803. The lowest BCUT2D eigenvalue weighted by molar-refractivity contribution is 0.628. The van der Waals surface area contributed by atoms with Crippen LogP contribution in [0.25, 0.3) is 22.2 Å². The van der Waals surface area contributed by atoms with E-state index >= 15 is 0 Å². The molecule has 0 aliphatic rings. The quantitative estimate of drug-likeness (QED) is 0.579. The number of aromatic nitrogens is 1. The summed E-state index contributed by atoms with van der Waals surface area (Å²) in [6.07, 6.45) is 0. The normalized spacial score (nSPS) is 10.8. The zero-order valence-electron chi connectivity index (χ0n) is 10.4. The molecule has 0 saturated heterocycles. The van der Waals surface area contributed by atoms with Gasteiger partial charge in [-0.3, -0.25) is 0 Å². The van der Waals surface area contributed by atoms with E-state index in [2.05, 4.69) is 4.57 Å². The van der Waals surface area contributed by atoms with Crippen molar-refractivity contribution in [3.05, 3.63) is 64.9 Å². The van der Waals surface area contributed by atoms with Gasteiger partial charge < -0.3 is 4.57 Å². The number of fused-ring (bicyclic) bond motifs is 1. The number of rotatable bonds is 1. The molecule has 0 N–H and O–H groups in total. The van der Waals surface area contributed by atoms with Crippen LogP contribution in [-0.2, 0) is 7.05 Å². The molecule has 1 aromatic heterocycles. The van der Waals surface area contributed by atoms with Crippen molar-refractivity contribution < 1.29 is 4.39 Å². The molecule has 0 aliphatic carbocycles. The average molecular weight is 269 g/mol. The van der Waals surface area contributed by atoms with E-state index in [0.717, 1.165) is 26.7 Å². The van der Waals surface area contributed by atoms with Gasteiger partial charge in [0.05, 0.1) is 0 Å². The highest BCUT2D eigenvalue weighted by Crippen LogP contribution is 2.25. The lowest BCUT2D eigenvalue weighted by Gasteiger charge is -2.13. The van der Waals surface area contributed by atoms with E-state index in [1.54, 1.807) is 12.1 Å². The molecule has 1 nitrogen and oxygen atoms in total. The molecular formula is C16H12FNS. The van der Waals surface area contributed by atoms with Crippen LogP contribution in [0.5, 0.6) is 0 Å². The van der Waals surface area contributed by atoms with E-state index in [1.165, 1.54) is 12.1 Å². The fourth-order valence-electron chi connectivity index (χ4n) is 2.30. The van der Waals surface area contributed by atoms with Crippen molar-refractivity contribution in [1.29, 1.82) is 0 Å². The third kappa shape index (κ3) is 2.06. The summed E-state index contributed by atoms with van der Waals surface area (Å²) in [7, 11) is 2.00. The first-order valence-corrected chi connectivity index (χ1v) is 6.42. The third-order valence-corrected chi connectivity index (χ3v) is 3.64. The van der Waals surface area contributed by atoms with E-state index in [9.17, 15) is 4.39 Å². The van der Waals surface area contributed by atoms with Gasteiger partial charge in [0.25, 0.3) is 0 Å². The zero-order valence-corrected chi connectivity index (χ0v) is 11.2. The first-order valence-electron chi connectivity index (χ1n) is 6.01. The fourth-order valence-corrected chi connectivity index (χ4v) is 2.58. The number of hydrogen-bond donors (Lipinski definition) is 0. The van der Waals surface area contributed by atoms with Gasteiger partial charge in [0.2, 0.25) is 0 Å². The van der Waals surface area contributed by atoms with Crippen LogP contribution in [0.1, 0.15) is 0 Å². The molecule has 19 heavy (non-hydrogen) atoms. The van der Waals surface area contributed by atoms with E-state index in [4.69, 9.17) is 12.2 Å². The van der Waals surface area contributed by atoms with Crippen LogP contribution in [0, 0.1) is 10.3 Å². The van der Waals surface area contributed by atoms with Crippen molar-refractivity contribution >= 4 is 23.1 Å². The van der Waals surface area contributed by atoms with Crippen LogP contribution < -0.4 is 0 Å². The van der Waals surface area contributed by atoms with Gasteiger partial charge in [-0.2, -0.15) is 0 Å². The smallest absolute Gasteiger partial charge is 0.123 e. The van der Waals surface area contributed by atoms with Crippen LogP contribution in [0.2, 0.25) is 0 Å². The van der Waals surface area contributed by atoms with Crippen molar-refractivity contribution in [2.24, 2.45) is 7.05 Å². The second-order valence-electron chi connectivity index (χ2n) is 4.48. The van der Waals surface area contributed by atoms with Crippen LogP contribution >= 0.6 is 12.2 Å². The number of pyridine rings is 1. The Hall–Kier alpha value is -2.00. The molecule has 0 bridgehead atoms. The maximum absolute atomic E-state index is 13.0. The minimum atomic E-state index is -0.231. The molecule has 1 heterocycles. The molecule has 0 radical (unpaired) electrons. The molecule has 0 amide bonds. The average Bonchev–Trinajstić information content (AvgIpc) is 2.44. The van der Waals surface area contributed by atoms with Crippen molar-refractivity contribution in [3.8, 4) is 11.3 Å². The fraction of sp³-hybridized carbons (Fsp3) is 0.0625. The number of nitrogens with zero attached hydrogens (tertiary/aromatic N) is 1. The number of halogens is 1. The lowest BCUT2D eigenvalue weighted by atomic mass is 10.1. The van der Waals surface area contributed by atoms with E-state index in [1.807, 2.05) is 37.4 Å². The van der Waals surface area contributed by atoms with Crippen LogP contribution in [0.15, 0.2) is 54.6 Å². The first kappa shape index (κ1) is 12.1. The van der Waals surface area contributed by atoms with E-state index in [-0.39, 0.29) is 5.82 Å². The molecule has 3 rings (SSSR count). The summed E-state index contributed by atoms with van der Waals surface area (Å²) >= 11 is 5.44. The minimum absolute atomic E-state index is 0.231. The maximum atomic E-state index is 13.0. The monoisotopic (exact) mass is 269 g/mol. The summed E-state index contributed by atoms with van der Waals surface area (Å²) in [6, 6.07) is 16.5. The van der Waals surface area contributed by atoms with Crippen molar-refractivity contribution in [1.82, 2.24) is 4.57 Å². The van der Waals surface area contributed by atoms with Crippen LogP contribution in [0.3, 0.4) is 0 Å². The molecule has 0 saturated carbocycles. The summed E-state index contributed by atoms with van der Waals surface area (Å²) in [4.78, 5) is 0. The van der Waals surface area contributed by atoms with Gasteiger partial charge in [0.15, 0.2) is 0 Å². The Labute approximate surface area is 115 Å². The molecule has 0 unspecified atom stereocenters. The number of aryl methyl sites for hydroxylation is 1. The zero-order chi connectivity index (χ0) is 13.4. The third-order valence-electron chi connectivity index (χ3n) is 3.30. The second kappa shape index (κ2) is 4.59. The highest BCUT2D eigenvalue weighted by Gasteiger charge is 2.06. The predicted octanol–water partition coefficient (Wildman–Crippen LogP) is 4.71. The molecule has 0 aliphatic heterocycles. The first-order chi connectivity index (χ1) is 9.16. The molecule has 0 spiro atoms. The maximum Gasteiger partial charge on any atom is 0.123 e. The standard InChI is InChI=1S/C16H12FNS/c1-18-14-5-3-2-4-13(14)16(19)10-15(18)11-6-8-12(17)9-7-11/h2-10H,1H3. The largest absolute Gasteiger partial charge is 0.344 e. The summed E-state index contributed by atoms with van der Waals surface area (Å²) in [5.74, 6) is -0.231. The molecule has 2 aromatic carbocycles.